The van der Waals surface area contributed by atoms with Crippen LogP contribution < -0.4 is 0 Å². The van der Waals surface area contributed by atoms with Crippen LogP contribution in [0.25, 0.3) is 0 Å². The first-order valence-electron chi connectivity index (χ1n) is 5.51. The second-order valence-corrected chi connectivity index (χ2v) is 4.03. The molecule has 1 aromatic carbocycles. The number of carbonyl (C=O) groups is 2. The molecule has 1 aliphatic heterocycles. The van der Waals surface area contributed by atoms with Crippen molar-refractivity contribution in [2.24, 2.45) is 0 Å². The van der Waals surface area contributed by atoms with Gasteiger partial charge in [-0.1, -0.05) is 12.1 Å². The lowest BCUT2D eigenvalue weighted by Gasteiger charge is -2.21. The minimum absolute atomic E-state index is 0.293. The summed E-state index contributed by atoms with van der Waals surface area (Å²) in [6.45, 7) is 1.73. The van der Waals surface area contributed by atoms with Crippen LogP contribution in [0.4, 0.5) is 0 Å². The maximum absolute atomic E-state index is 12.2. The molecule has 2 heterocycles. The Hall–Kier alpha value is -2.50. The quantitative estimate of drug-likeness (QED) is 0.739. The second-order valence-electron chi connectivity index (χ2n) is 4.03. The normalized spacial score (nSPS) is 15.9. The Morgan fingerprint density at radius 2 is 1.72 bits per heavy atom. The third-order valence-corrected chi connectivity index (χ3v) is 3.02. The van der Waals surface area contributed by atoms with Crippen molar-refractivity contribution in [1.29, 1.82) is 0 Å². The van der Waals surface area contributed by atoms with Crippen LogP contribution in [0.3, 0.4) is 0 Å². The monoisotopic (exact) mass is 242 g/mol. The van der Waals surface area contributed by atoms with E-state index in [1.807, 2.05) is 0 Å². The van der Waals surface area contributed by atoms with Crippen LogP contribution in [0.15, 0.2) is 36.9 Å². The van der Waals surface area contributed by atoms with Crippen LogP contribution in [0.1, 0.15) is 33.8 Å². The van der Waals surface area contributed by atoms with Gasteiger partial charge in [-0.3, -0.25) is 14.5 Å². The molecule has 0 saturated carbocycles. The van der Waals surface area contributed by atoms with Gasteiger partial charge in [0.25, 0.3) is 11.8 Å². The molecule has 3 rings (SSSR count). The summed E-state index contributed by atoms with van der Waals surface area (Å²) < 4.78 is 1.47. The average molecular weight is 242 g/mol. The summed E-state index contributed by atoms with van der Waals surface area (Å²) in [5.74, 6) is -0.586. The SMILES string of the molecule is CC(N1C(=O)c2ccccc2C1=O)n1cncn1. The molecule has 1 aromatic heterocycles. The molecule has 0 spiro atoms. The van der Waals surface area contributed by atoms with E-state index in [-0.39, 0.29) is 11.8 Å². The van der Waals surface area contributed by atoms with Crippen molar-refractivity contribution < 1.29 is 9.59 Å². The zero-order chi connectivity index (χ0) is 12.7. The number of amides is 2. The molecule has 6 heteroatoms. The lowest BCUT2D eigenvalue weighted by molar-refractivity contribution is 0.0520. The van der Waals surface area contributed by atoms with E-state index in [4.69, 9.17) is 0 Å². The molecule has 0 bridgehead atoms. The van der Waals surface area contributed by atoms with Crippen molar-refractivity contribution in [3.8, 4) is 0 Å². The van der Waals surface area contributed by atoms with Crippen molar-refractivity contribution in [1.82, 2.24) is 19.7 Å². The highest BCUT2D eigenvalue weighted by Gasteiger charge is 2.38. The van der Waals surface area contributed by atoms with Crippen molar-refractivity contribution in [2.45, 2.75) is 13.1 Å². The fraction of sp³-hybridized carbons (Fsp3) is 0.167. The number of hydrogen-bond donors (Lipinski definition) is 0. The Balaban J connectivity index is 2.02. The van der Waals surface area contributed by atoms with E-state index < -0.39 is 6.17 Å². The maximum Gasteiger partial charge on any atom is 0.263 e. The van der Waals surface area contributed by atoms with E-state index >= 15 is 0 Å². The van der Waals surface area contributed by atoms with Gasteiger partial charge in [0.1, 0.15) is 18.8 Å². The Morgan fingerprint density at radius 3 is 2.22 bits per heavy atom. The fourth-order valence-electron chi connectivity index (χ4n) is 2.08. The van der Waals surface area contributed by atoms with Crippen LogP contribution in [-0.2, 0) is 0 Å². The van der Waals surface area contributed by atoms with Crippen LogP contribution in [0, 0.1) is 0 Å². The summed E-state index contributed by atoms with van der Waals surface area (Å²) in [7, 11) is 0. The minimum Gasteiger partial charge on any atom is -0.268 e. The number of aromatic nitrogens is 3. The van der Waals surface area contributed by atoms with E-state index in [1.54, 1.807) is 31.2 Å². The van der Waals surface area contributed by atoms with E-state index in [9.17, 15) is 9.59 Å². The molecular formula is C12H10N4O2. The third kappa shape index (κ3) is 1.35. The Morgan fingerprint density at radius 1 is 1.11 bits per heavy atom. The topological polar surface area (TPSA) is 68.1 Å². The smallest absolute Gasteiger partial charge is 0.263 e. The minimum atomic E-state index is -0.486. The van der Waals surface area contributed by atoms with Crippen molar-refractivity contribution in [3.63, 3.8) is 0 Å². The number of nitrogens with zero attached hydrogens (tertiary/aromatic N) is 4. The second kappa shape index (κ2) is 3.76. The molecule has 0 N–H and O–H groups in total. The third-order valence-electron chi connectivity index (χ3n) is 3.02. The molecule has 18 heavy (non-hydrogen) atoms. The summed E-state index contributed by atoms with van der Waals surface area (Å²) in [5.41, 5.74) is 0.879. The van der Waals surface area contributed by atoms with E-state index in [1.165, 1.54) is 22.2 Å². The number of fused-ring (bicyclic) bond motifs is 1. The van der Waals surface area contributed by atoms with Gasteiger partial charge in [0.15, 0.2) is 0 Å². The first kappa shape index (κ1) is 10.6. The van der Waals surface area contributed by atoms with E-state index in [0.29, 0.717) is 11.1 Å². The highest BCUT2D eigenvalue weighted by atomic mass is 16.2. The first-order valence-corrected chi connectivity index (χ1v) is 5.51. The Kier molecular flexibility index (Phi) is 2.22. The number of rotatable bonds is 2. The number of imide groups is 1. The summed E-state index contributed by atoms with van der Waals surface area (Å²) in [6, 6.07) is 6.80. The molecular weight excluding hydrogens is 232 g/mol. The molecule has 1 unspecified atom stereocenters. The number of hydrogen-bond acceptors (Lipinski definition) is 4. The molecule has 90 valence electrons. The van der Waals surface area contributed by atoms with Gasteiger partial charge in [-0.25, -0.2) is 9.67 Å². The Bertz CT molecular complexity index is 586. The molecule has 2 aromatic rings. The van der Waals surface area contributed by atoms with Crippen LogP contribution in [0.2, 0.25) is 0 Å². The molecule has 2 amide bonds. The van der Waals surface area contributed by atoms with Gasteiger partial charge in [-0.05, 0) is 19.1 Å². The maximum atomic E-state index is 12.2. The molecule has 0 saturated heterocycles. The van der Waals surface area contributed by atoms with E-state index in [2.05, 4.69) is 10.1 Å². The van der Waals surface area contributed by atoms with Gasteiger partial charge in [0.05, 0.1) is 11.1 Å². The van der Waals surface area contributed by atoms with Gasteiger partial charge in [-0.15, -0.1) is 0 Å². The predicted octanol–water partition coefficient (Wildman–Crippen LogP) is 1.09. The van der Waals surface area contributed by atoms with Gasteiger partial charge >= 0.3 is 0 Å². The predicted molar refractivity (Wildman–Crippen MR) is 61.7 cm³/mol. The van der Waals surface area contributed by atoms with Crippen molar-refractivity contribution >= 4 is 11.8 Å². The summed E-state index contributed by atoms with van der Waals surface area (Å²) in [4.78, 5) is 29.4. The van der Waals surface area contributed by atoms with Gasteiger partial charge < -0.3 is 0 Å². The van der Waals surface area contributed by atoms with Gasteiger partial charge in [0, 0.05) is 0 Å². The van der Waals surface area contributed by atoms with Crippen molar-refractivity contribution in [3.05, 3.63) is 48.0 Å². The van der Waals surface area contributed by atoms with Gasteiger partial charge in [0.2, 0.25) is 0 Å². The number of carbonyl (C=O) groups excluding carboxylic acids is 2. The fourth-order valence-corrected chi connectivity index (χ4v) is 2.08. The standard InChI is InChI=1S/C12H10N4O2/c1-8(15-7-13-6-14-15)16-11(17)9-4-2-3-5-10(9)12(16)18/h2-8H,1H3. The zero-order valence-electron chi connectivity index (χ0n) is 9.65. The van der Waals surface area contributed by atoms with Crippen LogP contribution in [0.5, 0.6) is 0 Å². The zero-order valence-corrected chi connectivity index (χ0v) is 9.65. The van der Waals surface area contributed by atoms with Crippen LogP contribution in [-0.4, -0.2) is 31.5 Å². The first-order chi connectivity index (χ1) is 8.70. The highest BCUT2D eigenvalue weighted by Crippen LogP contribution is 2.27. The average Bonchev–Trinajstić information content (AvgIpc) is 2.99. The summed E-state index contributed by atoms with van der Waals surface area (Å²) in [6.07, 6.45) is 2.36. The number of benzene rings is 1. The van der Waals surface area contributed by atoms with Gasteiger partial charge in [-0.2, -0.15) is 5.10 Å². The molecule has 0 aliphatic carbocycles. The van der Waals surface area contributed by atoms with E-state index in [0.717, 1.165) is 0 Å². The van der Waals surface area contributed by atoms with Crippen molar-refractivity contribution in [2.75, 3.05) is 0 Å². The lowest BCUT2D eigenvalue weighted by Crippen LogP contribution is -2.35. The molecule has 6 nitrogen and oxygen atoms in total. The van der Waals surface area contributed by atoms with Crippen LogP contribution >= 0.6 is 0 Å². The molecule has 0 fully saturated rings. The lowest BCUT2D eigenvalue weighted by atomic mass is 10.1. The highest BCUT2D eigenvalue weighted by molar-refractivity contribution is 6.21. The summed E-state index contributed by atoms with van der Waals surface area (Å²) in [5, 5.41) is 3.95. The molecule has 1 atom stereocenters. The summed E-state index contributed by atoms with van der Waals surface area (Å²) >= 11 is 0. The Labute approximate surface area is 103 Å². The molecule has 1 aliphatic rings. The largest absolute Gasteiger partial charge is 0.268 e. The molecule has 0 radical (unpaired) electrons.